The number of hydrogen-bond acceptors (Lipinski definition) is 5. The standard InChI is InChI=1S/C22H21NO5S/c1-17(19-6-3-2-4-7-19)28-22(24)14-11-18-9-12-21(13-10-18)29(25,26)23-16-20-8-5-15-27-20/h2-15,17,23H,16H2,1H3/b14-11+/t17-/m0/s1. The van der Waals surface area contributed by atoms with Crippen molar-refractivity contribution in [3.63, 3.8) is 0 Å². The molecule has 29 heavy (non-hydrogen) atoms. The smallest absolute Gasteiger partial charge is 0.331 e. The molecule has 0 aliphatic rings. The molecule has 1 aromatic heterocycles. The van der Waals surface area contributed by atoms with Crippen LogP contribution in [0, 0.1) is 0 Å². The predicted molar refractivity (Wildman–Crippen MR) is 109 cm³/mol. The van der Waals surface area contributed by atoms with Gasteiger partial charge in [-0.25, -0.2) is 17.9 Å². The van der Waals surface area contributed by atoms with Crippen molar-refractivity contribution in [3.8, 4) is 0 Å². The maximum absolute atomic E-state index is 12.3. The van der Waals surface area contributed by atoms with Crippen molar-refractivity contribution in [1.82, 2.24) is 4.72 Å². The van der Waals surface area contributed by atoms with Gasteiger partial charge in [0, 0.05) is 6.08 Å². The van der Waals surface area contributed by atoms with Gasteiger partial charge in [-0.05, 0) is 48.4 Å². The zero-order valence-corrected chi connectivity index (χ0v) is 16.6. The highest BCUT2D eigenvalue weighted by molar-refractivity contribution is 7.89. The lowest BCUT2D eigenvalue weighted by Gasteiger charge is -2.11. The molecule has 3 aromatic rings. The summed E-state index contributed by atoms with van der Waals surface area (Å²) in [5.74, 6) is 0.0505. The average molecular weight is 411 g/mol. The lowest BCUT2D eigenvalue weighted by atomic mass is 10.1. The van der Waals surface area contributed by atoms with Gasteiger partial charge in [-0.2, -0.15) is 0 Å². The van der Waals surface area contributed by atoms with Gasteiger partial charge in [-0.15, -0.1) is 0 Å². The lowest BCUT2D eigenvalue weighted by molar-refractivity contribution is -0.142. The number of furan rings is 1. The molecule has 0 aliphatic heterocycles. The van der Waals surface area contributed by atoms with E-state index in [2.05, 4.69) is 4.72 Å². The molecule has 0 spiro atoms. The highest BCUT2D eigenvalue weighted by atomic mass is 32.2. The molecule has 3 rings (SSSR count). The molecule has 0 fully saturated rings. The van der Waals surface area contributed by atoms with E-state index in [1.165, 1.54) is 24.5 Å². The first-order chi connectivity index (χ1) is 13.9. The molecule has 0 bridgehead atoms. The molecule has 1 heterocycles. The number of ether oxygens (including phenoxy) is 1. The molecule has 0 aliphatic carbocycles. The number of carbonyl (C=O) groups is 1. The summed E-state index contributed by atoms with van der Waals surface area (Å²) in [6, 6.07) is 19.0. The van der Waals surface area contributed by atoms with Gasteiger partial charge in [0.15, 0.2) is 0 Å². The second-order valence-corrected chi connectivity index (χ2v) is 8.06. The highest BCUT2D eigenvalue weighted by Gasteiger charge is 2.14. The van der Waals surface area contributed by atoms with Crippen LogP contribution in [0.15, 0.2) is 88.4 Å². The fourth-order valence-electron chi connectivity index (χ4n) is 2.59. The molecular weight excluding hydrogens is 390 g/mol. The molecule has 0 saturated carbocycles. The maximum atomic E-state index is 12.3. The van der Waals surface area contributed by atoms with E-state index in [9.17, 15) is 13.2 Å². The zero-order valence-electron chi connectivity index (χ0n) is 15.8. The quantitative estimate of drug-likeness (QED) is 0.446. The molecule has 0 saturated heterocycles. The lowest BCUT2D eigenvalue weighted by Crippen LogP contribution is -2.22. The summed E-state index contributed by atoms with van der Waals surface area (Å²) in [5.41, 5.74) is 1.59. The van der Waals surface area contributed by atoms with E-state index >= 15 is 0 Å². The van der Waals surface area contributed by atoms with Crippen molar-refractivity contribution >= 4 is 22.1 Å². The summed E-state index contributed by atoms with van der Waals surface area (Å²) >= 11 is 0. The number of benzene rings is 2. The molecule has 150 valence electrons. The van der Waals surface area contributed by atoms with Crippen molar-refractivity contribution in [2.45, 2.75) is 24.5 Å². The number of esters is 1. The van der Waals surface area contributed by atoms with E-state index in [0.29, 0.717) is 11.3 Å². The molecule has 6 nitrogen and oxygen atoms in total. The van der Waals surface area contributed by atoms with E-state index < -0.39 is 16.0 Å². The van der Waals surface area contributed by atoms with E-state index in [1.807, 2.05) is 30.3 Å². The maximum Gasteiger partial charge on any atom is 0.331 e. The van der Waals surface area contributed by atoms with Crippen LogP contribution in [0.25, 0.3) is 6.08 Å². The van der Waals surface area contributed by atoms with Gasteiger partial charge in [0.2, 0.25) is 10.0 Å². The summed E-state index contributed by atoms with van der Waals surface area (Å²) in [6.07, 6.45) is 4.02. The topological polar surface area (TPSA) is 85.6 Å². The SMILES string of the molecule is C[C@H](OC(=O)/C=C/c1ccc(S(=O)(=O)NCc2ccco2)cc1)c1ccccc1. The Morgan fingerprint density at radius 1 is 1.07 bits per heavy atom. The molecule has 0 radical (unpaired) electrons. The highest BCUT2D eigenvalue weighted by Crippen LogP contribution is 2.17. The number of carbonyl (C=O) groups excluding carboxylic acids is 1. The number of rotatable bonds is 8. The minimum atomic E-state index is -3.66. The molecular formula is C22H21NO5S. The second-order valence-electron chi connectivity index (χ2n) is 6.30. The molecule has 1 atom stereocenters. The number of hydrogen-bond donors (Lipinski definition) is 1. The summed E-state index contributed by atoms with van der Waals surface area (Å²) < 4.78 is 37.6. The first-order valence-electron chi connectivity index (χ1n) is 9.00. The largest absolute Gasteiger partial charge is 0.468 e. The minimum Gasteiger partial charge on any atom is -0.468 e. The molecule has 0 unspecified atom stereocenters. The summed E-state index contributed by atoms with van der Waals surface area (Å²) in [6.45, 7) is 1.87. The van der Waals surface area contributed by atoms with Crippen LogP contribution in [-0.2, 0) is 26.1 Å². The third-order valence-corrected chi connectivity index (χ3v) is 5.60. The van der Waals surface area contributed by atoms with Crippen LogP contribution in [0.5, 0.6) is 0 Å². The first-order valence-corrected chi connectivity index (χ1v) is 10.5. The van der Waals surface area contributed by atoms with Crippen molar-refractivity contribution in [2.24, 2.45) is 0 Å². The van der Waals surface area contributed by atoms with Crippen molar-refractivity contribution in [1.29, 1.82) is 0 Å². The molecule has 1 N–H and O–H groups in total. The first kappa shape index (κ1) is 20.6. The van der Waals surface area contributed by atoms with Crippen LogP contribution in [0.3, 0.4) is 0 Å². The predicted octanol–water partition coefficient (Wildman–Crippen LogP) is 4.08. The van der Waals surface area contributed by atoms with Gasteiger partial charge in [-0.1, -0.05) is 42.5 Å². The normalized spacial score (nSPS) is 12.7. The van der Waals surface area contributed by atoms with Gasteiger partial charge < -0.3 is 9.15 Å². The molecule has 2 aromatic carbocycles. The Kier molecular flexibility index (Phi) is 6.64. The van der Waals surface area contributed by atoms with Gasteiger partial charge in [0.25, 0.3) is 0 Å². The van der Waals surface area contributed by atoms with E-state index in [-0.39, 0.29) is 17.5 Å². The molecule has 7 heteroatoms. The van der Waals surface area contributed by atoms with Crippen molar-refractivity contribution in [2.75, 3.05) is 0 Å². The fourth-order valence-corrected chi connectivity index (χ4v) is 3.58. The van der Waals surface area contributed by atoms with Crippen LogP contribution in [0.2, 0.25) is 0 Å². The van der Waals surface area contributed by atoms with Crippen molar-refractivity contribution in [3.05, 3.63) is 96.0 Å². The van der Waals surface area contributed by atoms with Crippen LogP contribution < -0.4 is 4.72 Å². The van der Waals surface area contributed by atoms with Crippen LogP contribution in [0.4, 0.5) is 0 Å². The van der Waals surface area contributed by atoms with E-state index in [4.69, 9.17) is 9.15 Å². The van der Waals surface area contributed by atoms with Crippen LogP contribution in [-0.4, -0.2) is 14.4 Å². The van der Waals surface area contributed by atoms with Crippen molar-refractivity contribution < 1.29 is 22.4 Å². The Morgan fingerprint density at radius 3 is 2.45 bits per heavy atom. The van der Waals surface area contributed by atoms with E-state index in [0.717, 1.165) is 5.56 Å². The van der Waals surface area contributed by atoms with Gasteiger partial charge in [0.05, 0.1) is 17.7 Å². The summed E-state index contributed by atoms with van der Waals surface area (Å²) in [7, 11) is -3.66. The van der Waals surface area contributed by atoms with Gasteiger partial charge in [-0.3, -0.25) is 0 Å². The van der Waals surface area contributed by atoms with Crippen LogP contribution >= 0.6 is 0 Å². The van der Waals surface area contributed by atoms with E-state index in [1.54, 1.807) is 37.3 Å². The summed E-state index contributed by atoms with van der Waals surface area (Å²) in [5, 5.41) is 0. The second kappa shape index (κ2) is 9.36. The molecule has 0 amide bonds. The third kappa shape index (κ3) is 5.91. The fraction of sp³-hybridized carbons (Fsp3) is 0.136. The van der Waals surface area contributed by atoms with Gasteiger partial charge in [0.1, 0.15) is 11.9 Å². The Bertz CT molecular complexity index is 1060. The number of nitrogens with one attached hydrogen (secondary N) is 1. The van der Waals surface area contributed by atoms with Crippen LogP contribution in [0.1, 0.15) is 29.9 Å². The Hall–Kier alpha value is -3.16. The Morgan fingerprint density at radius 2 is 1.79 bits per heavy atom. The Balaban J connectivity index is 1.57. The summed E-state index contributed by atoms with van der Waals surface area (Å²) in [4.78, 5) is 12.1. The number of sulfonamides is 1. The monoisotopic (exact) mass is 411 g/mol. The zero-order chi connectivity index (χ0) is 20.7. The minimum absolute atomic E-state index is 0.0719. The van der Waals surface area contributed by atoms with Gasteiger partial charge >= 0.3 is 5.97 Å². The third-order valence-electron chi connectivity index (χ3n) is 4.18. The average Bonchev–Trinajstić information content (AvgIpc) is 3.25. The Labute approximate surface area is 169 Å².